The summed E-state index contributed by atoms with van der Waals surface area (Å²) in [6.07, 6.45) is 13.4. The van der Waals surface area contributed by atoms with E-state index in [1.54, 1.807) is 0 Å². The largest absolute Gasteiger partial charge is 0.375 e. The molecule has 2 heteroatoms. The van der Waals surface area contributed by atoms with E-state index in [1.165, 1.54) is 42.4 Å². The molecular formula is C57H56O2. The summed E-state index contributed by atoms with van der Waals surface area (Å²) in [6, 6.07) is 49.8. The number of carbonyl (C=O) groups excluding carboxylic acids is 1. The lowest BCUT2D eigenvalue weighted by molar-refractivity contribution is -0.124. The molecule has 5 aromatic carbocycles. The normalized spacial score (nSPS) is 31.2. The maximum Gasteiger partial charge on any atom is 0.144 e. The Balaban J connectivity index is 1.02. The van der Waals surface area contributed by atoms with Crippen molar-refractivity contribution in [3.63, 3.8) is 0 Å². The molecule has 2 nitrogen and oxygen atoms in total. The van der Waals surface area contributed by atoms with E-state index in [0.29, 0.717) is 47.6 Å². The van der Waals surface area contributed by atoms with Crippen molar-refractivity contribution in [1.29, 1.82) is 0 Å². The zero-order chi connectivity index (χ0) is 39.5. The number of hydrogen-bond donors (Lipinski definition) is 0. The fraction of sp³-hybridized carbons (Fsp3) is 0.386. The van der Waals surface area contributed by atoms with E-state index in [0.717, 1.165) is 67.2 Å². The van der Waals surface area contributed by atoms with Crippen LogP contribution in [0.4, 0.5) is 0 Å². The molecule has 3 saturated heterocycles. The van der Waals surface area contributed by atoms with Gasteiger partial charge < -0.3 is 4.74 Å². The SMILES string of the molecule is O=C1C(c2ccccc2)C2C3CCC(CC3)OC3CCC(CC3)C3CC(CCC3c3ccc(C#Cc4ccccc4)cc3)C1C2c1ccc(C#Cc2ccccc2)cc1. The van der Waals surface area contributed by atoms with E-state index in [9.17, 15) is 0 Å². The van der Waals surface area contributed by atoms with Gasteiger partial charge in [0, 0.05) is 34.1 Å². The zero-order valence-electron chi connectivity index (χ0n) is 34.2. The molecule has 7 unspecified atom stereocenters. The molecule has 7 aliphatic rings. The molecule has 7 fully saturated rings. The molecule has 0 amide bonds. The zero-order valence-corrected chi connectivity index (χ0v) is 34.2. The summed E-state index contributed by atoms with van der Waals surface area (Å²) in [5.74, 6) is 17.0. The molecule has 0 N–H and O–H groups in total. The smallest absolute Gasteiger partial charge is 0.144 e. The maximum absolute atomic E-state index is 15.6. The lowest BCUT2D eigenvalue weighted by atomic mass is 9.59. The molecule has 8 bridgehead atoms. The Labute approximate surface area is 352 Å². The molecule has 59 heavy (non-hydrogen) atoms. The highest BCUT2D eigenvalue weighted by molar-refractivity contribution is 5.92. The highest BCUT2D eigenvalue weighted by Gasteiger charge is 2.57. The second-order valence-electron chi connectivity index (χ2n) is 18.4. The number of Topliss-reactive ketones (excluding diaryl/α,β-unsaturated/α-hetero) is 1. The van der Waals surface area contributed by atoms with Crippen LogP contribution < -0.4 is 0 Å². The third-order valence-electron chi connectivity index (χ3n) is 15.3. The Bertz CT molecular complexity index is 2310. The highest BCUT2D eigenvalue weighted by atomic mass is 16.5. The molecule has 5 aromatic rings. The minimum atomic E-state index is -0.0729. The van der Waals surface area contributed by atoms with Crippen LogP contribution in [0.5, 0.6) is 0 Å². The minimum Gasteiger partial charge on any atom is -0.375 e. The summed E-state index contributed by atoms with van der Waals surface area (Å²) in [5, 5.41) is 0. The van der Waals surface area contributed by atoms with E-state index < -0.39 is 0 Å². The molecule has 4 saturated carbocycles. The molecule has 3 aliphatic heterocycles. The molecule has 0 radical (unpaired) electrons. The first-order valence-electron chi connectivity index (χ1n) is 22.7. The Morgan fingerprint density at radius 1 is 0.407 bits per heavy atom. The Hall–Kier alpha value is -5.15. The number of fused-ring (bicyclic) bond motifs is 2. The summed E-state index contributed by atoms with van der Waals surface area (Å²) in [6.45, 7) is 0. The van der Waals surface area contributed by atoms with Gasteiger partial charge in [0.15, 0.2) is 0 Å². The van der Waals surface area contributed by atoms with Gasteiger partial charge in [-0.3, -0.25) is 4.79 Å². The second-order valence-corrected chi connectivity index (χ2v) is 18.4. The van der Waals surface area contributed by atoms with Crippen LogP contribution >= 0.6 is 0 Å². The predicted octanol–water partition coefficient (Wildman–Crippen LogP) is 12.5. The van der Waals surface area contributed by atoms with Gasteiger partial charge in [-0.25, -0.2) is 0 Å². The first kappa shape index (κ1) is 38.1. The van der Waals surface area contributed by atoms with Crippen LogP contribution in [0.2, 0.25) is 0 Å². The van der Waals surface area contributed by atoms with Gasteiger partial charge in [-0.05, 0) is 177 Å². The van der Waals surface area contributed by atoms with Crippen LogP contribution in [0.15, 0.2) is 140 Å². The lowest BCUT2D eigenvalue weighted by Gasteiger charge is -2.45. The van der Waals surface area contributed by atoms with Gasteiger partial charge in [-0.1, -0.05) is 115 Å². The quantitative estimate of drug-likeness (QED) is 0.171. The van der Waals surface area contributed by atoms with Crippen molar-refractivity contribution in [2.45, 2.75) is 101 Å². The third-order valence-corrected chi connectivity index (χ3v) is 15.3. The van der Waals surface area contributed by atoms with Crippen LogP contribution in [-0.2, 0) is 9.53 Å². The van der Waals surface area contributed by atoms with Gasteiger partial charge in [0.1, 0.15) is 5.78 Å². The second kappa shape index (κ2) is 17.2. The predicted molar refractivity (Wildman–Crippen MR) is 238 cm³/mol. The molecule has 296 valence electrons. The van der Waals surface area contributed by atoms with Crippen molar-refractivity contribution in [3.8, 4) is 23.7 Å². The number of ketones is 1. The Morgan fingerprint density at radius 3 is 1.41 bits per heavy atom. The Kier molecular flexibility index (Phi) is 11.1. The fourth-order valence-electron chi connectivity index (χ4n) is 12.6. The Morgan fingerprint density at radius 2 is 0.864 bits per heavy atom. The van der Waals surface area contributed by atoms with Gasteiger partial charge in [-0.15, -0.1) is 0 Å². The third kappa shape index (κ3) is 8.10. The summed E-state index contributed by atoms with van der Waals surface area (Å²) in [5.41, 5.74) is 8.18. The topological polar surface area (TPSA) is 26.3 Å². The van der Waals surface area contributed by atoms with E-state index in [4.69, 9.17) is 4.74 Å². The molecule has 3 heterocycles. The molecule has 0 spiro atoms. The van der Waals surface area contributed by atoms with Crippen LogP contribution in [0.3, 0.4) is 0 Å². The average molecular weight is 773 g/mol. The van der Waals surface area contributed by atoms with E-state index in [1.807, 2.05) is 36.4 Å². The molecule has 12 rings (SSSR count). The van der Waals surface area contributed by atoms with Crippen molar-refractivity contribution in [2.24, 2.45) is 35.5 Å². The van der Waals surface area contributed by atoms with Gasteiger partial charge in [0.05, 0.1) is 12.2 Å². The van der Waals surface area contributed by atoms with Gasteiger partial charge in [-0.2, -0.15) is 0 Å². The molecule has 0 aromatic heterocycles. The van der Waals surface area contributed by atoms with Crippen LogP contribution in [-0.4, -0.2) is 18.0 Å². The van der Waals surface area contributed by atoms with Crippen LogP contribution in [0.1, 0.15) is 127 Å². The van der Waals surface area contributed by atoms with Gasteiger partial charge in [0.25, 0.3) is 0 Å². The molecular weight excluding hydrogens is 717 g/mol. The standard InChI is InChI=1S/C57H56O2/c58-57-55(45-14-8-3-9-15-45)53-47-30-35-50(36-31-47)59-49-33-28-44(29-34-49)52-38-48(32-37-51(52)43-24-20-41(21-25-43)18-16-39-10-4-1-5-11-39)56(57)54(53)46-26-22-42(23-27-46)19-17-40-12-6-2-7-13-40/h1-15,20-27,44,47-56H,28-38H2. The van der Waals surface area contributed by atoms with Gasteiger partial charge in [0.2, 0.25) is 0 Å². The number of benzene rings is 5. The van der Waals surface area contributed by atoms with Gasteiger partial charge >= 0.3 is 0 Å². The highest BCUT2D eigenvalue weighted by Crippen LogP contribution is 2.61. The first-order valence-corrected chi connectivity index (χ1v) is 22.7. The summed E-state index contributed by atoms with van der Waals surface area (Å²) < 4.78 is 6.98. The van der Waals surface area contributed by atoms with Crippen molar-refractivity contribution in [3.05, 3.63) is 178 Å². The average Bonchev–Trinajstić information content (AvgIpc) is 3.61. The number of carbonyl (C=O) groups is 1. The monoisotopic (exact) mass is 772 g/mol. The first-order chi connectivity index (χ1) is 29.1. The van der Waals surface area contributed by atoms with E-state index in [2.05, 4.69) is 127 Å². The number of rotatable bonds is 3. The minimum absolute atomic E-state index is 0.0148. The van der Waals surface area contributed by atoms with Crippen LogP contribution in [0.25, 0.3) is 0 Å². The van der Waals surface area contributed by atoms with E-state index in [-0.39, 0.29) is 23.7 Å². The maximum atomic E-state index is 15.6. The fourth-order valence-corrected chi connectivity index (χ4v) is 12.6. The summed E-state index contributed by atoms with van der Waals surface area (Å²) >= 11 is 0. The van der Waals surface area contributed by atoms with Crippen molar-refractivity contribution in [1.82, 2.24) is 0 Å². The number of hydrogen-bond acceptors (Lipinski definition) is 2. The summed E-state index contributed by atoms with van der Waals surface area (Å²) in [4.78, 5) is 15.6. The van der Waals surface area contributed by atoms with Crippen molar-refractivity contribution < 1.29 is 9.53 Å². The van der Waals surface area contributed by atoms with E-state index >= 15 is 4.79 Å². The lowest BCUT2D eigenvalue weighted by Crippen LogP contribution is -2.37. The molecule has 4 aliphatic carbocycles. The van der Waals surface area contributed by atoms with Crippen LogP contribution in [0, 0.1) is 59.2 Å². The number of ether oxygens (including phenoxy) is 1. The molecule has 7 atom stereocenters. The van der Waals surface area contributed by atoms with Crippen molar-refractivity contribution in [2.75, 3.05) is 0 Å². The van der Waals surface area contributed by atoms with Crippen molar-refractivity contribution >= 4 is 5.78 Å². The summed E-state index contributed by atoms with van der Waals surface area (Å²) in [7, 11) is 0.